The normalized spacial score (nSPS) is 9.45. The molecule has 2 heteroatoms. The van der Waals surface area contributed by atoms with Gasteiger partial charge in [-0.25, -0.2) is 0 Å². The van der Waals surface area contributed by atoms with Crippen molar-refractivity contribution < 1.29 is 0 Å². The van der Waals surface area contributed by atoms with Gasteiger partial charge in [0.05, 0.1) is 6.07 Å². The number of nitrogens with zero attached hydrogens (tertiary/aromatic N) is 1. The SMILES string of the molecule is N#CCCCCCCCCN. The Labute approximate surface area is 69.4 Å². The molecule has 0 radical (unpaired) electrons. The Hall–Kier alpha value is -0.550. The van der Waals surface area contributed by atoms with E-state index in [0.29, 0.717) is 0 Å². The highest BCUT2D eigenvalue weighted by Crippen LogP contribution is 2.05. The molecule has 0 aromatic heterocycles. The van der Waals surface area contributed by atoms with Crippen LogP contribution < -0.4 is 5.73 Å². The fraction of sp³-hybridized carbons (Fsp3) is 0.889. The average Bonchev–Trinajstić information content (AvgIpc) is 2.03. The van der Waals surface area contributed by atoms with Crippen molar-refractivity contribution in [2.75, 3.05) is 6.54 Å². The summed E-state index contributed by atoms with van der Waals surface area (Å²) in [6, 6.07) is 2.15. The van der Waals surface area contributed by atoms with Gasteiger partial charge in [-0.05, 0) is 19.4 Å². The zero-order valence-corrected chi connectivity index (χ0v) is 7.18. The highest BCUT2D eigenvalue weighted by atomic mass is 14.5. The van der Waals surface area contributed by atoms with Crippen molar-refractivity contribution in [3.63, 3.8) is 0 Å². The molecule has 0 aliphatic carbocycles. The first-order valence-electron chi connectivity index (χ1n) is 4.49. The maximum absolute atomic E-state index is 8.24. The Morgan fingerprint density at radius 1 is 0.909 bits per heavy atom. The van der Waals surface area contributed by atoms with Gasteiger partial charge < -0.3 is 5.73 Å². The van der Waals surface area contributed by atoms with Crippen LogP contribution in [0.2, 0.25) is 0 Å². The number of hydrogen-bond acceptors (Lipinski definition) is 2. The van der Waals surface area contributed by atoms with Crippen LogP contribution in [0.25, 0.3) is 0 Å². The van der Waals surface area contributed by atoms with Crippen molar-refractivity contribution in [2.45, 2.75) is 44.9 Å². The van der Waals surface area contributed by atoms with E-state index < -0.39 is 0 Å². The van der Waals surface area contributed by atoms with Crippen LogP contribution in [0.1, 0.15) is 44.9 Å². The Bertz CT molecular complexity index is 105. The molecule has 0 unspecified atom stereocenters. The predicted molar refractivity (Wildman–Crippen MR) is 47.0 cm³/mol. The first kappa shape index (κ1) is 10.4. The summed E-state index contributed by atoms with van der Waals surface area (Å²) >= 11 is 0. The molecule has 0 atom stereocenters. The number of rotatable bonds is 7. The van der Waals surface area contributed by atoms with E-state index in [2.05, 4.69) is 6.07 Å². The summed E-state index contributed by atoms with van der Waals surface area (Å²) in [6.45, 7) is 0.818. The van der Waals surface area contributed by atoms with Crippen LogP contribution in [-0.2, 0) is 0 Å². The lowest BCUT2D eigenvalue weighted by molar-refractivity contribution is 0.602. The molecule has 0 spiro atoms. The summed E-state index contributed by atoms with van der Waals surface area (Å²) in [5, 5.41) is 8.24. The lowest BCUT2D eigenvalue weighted by Gasteiger charge is -1.97. The maximum Gasteiger partial charge on any atom is 0.0621 e. The third-order valence-corrected chi connectivity index (χ3v) is 1.74. The minimum atomic E-state index is 0.719. The van der Waals surface area contributed by atoms with Gasteiger partial charge in [-0.3, -0.25) is 0 Å². The second kappa shape index (κ2) is 9.45. The Morgan fingerprint density at radius 3 is 2.00 bits per heavy atom. The smallest absolute Gasteiger partial charge is 0.0621 e. The molecule has 0 fully saturated rings. The van der Waals surface area contributed by atoms with E-state index in [1.165, 1.54) is 25.7 Å². The third-order valence-electron chi connectivity index (χ3n) is 1.74. The highest BCUT2D eigenvalue weighted by Gasteiger charge is 1.89. The highest BCUT2D eigenvalue weighted by molar-refractivity contribution is 4.67. The van der Waals surface area contributed by atoms with Crippen LogP contribution in [0.15, 0.2) is 0 Å². The first-order chi connectivity index (χ1) is 5.41. The summed E-state index contributed by atoms with van der Waals surface area (Å²) in [6.07, 6.45) is 7.94. The molecule has 2 N–H and O–H groups in total. The summed E-state index contributed by atoms with van der Waals surface area (Å²) in [7, 11) is 0. The van der Waals surface area contributed by atoms with E-state index in [4.69, 9.17) is 11.0 Å². The van der Waals surface area contributed by atoms with Crippen LogP contribution in [0.5, 0.6) is 0 Å². The van der Waals surface area contributed by atoms with Crippen molar-refractivity contribution in [1.82, 2.24) is 0 Å². The van der Waals surface area contributed by atoms with Gasteiger partial charge in [0.25, 0.3) is 0 Å². The first-order valence-corrected chi connectivity index (χ1v) is 4.49. The second-order valence-corrected chi connectivity index (χ2v) is 2.82. The third kappa shape index (κ3) is 9.45. The lowest BCUT2D eigenvalue weighted by Crippen LogP contribution is -1.97. The second-order valence-electron chi connectivity index (χ2n) is 2.82. The van der Waals surface area contributed by atoms with Gasteiger partial charge in [0.1, 0.15) is 0 Å². The molecule has 0 aliphatic rings. The van der Waals surface area contributed by atoms with Crippen molar-refractivity contribution in [2.24, 2.45) is 5.73 Å². The molecule has 0 aliphatic heterocycles. The summed E-state index contributed by atoms with van der Waals surface area (Å²) in [4.78, 5) is 0. The molecule has 64 valence electrons. The van der Waals surface area contributed by atoms with Crippen molar-refractivity contribution >= 4 is 0 Å². The quantitative estimate of drug-likeness (QED) is 0.571. The van der Waals surface area contributed by atoms with E-state index in [9.17, 15) is 0 Å². The lowest BCUT2D eigenvalue weighted by atomic mass is 10.1. The summed E-state index contributed by atoms with van der Waals surface area (Å²) < 4.78 is 0. The van der Waals surface area contributed by atoms with E-state index >= 15 is 0 Å². The molecule has 2 nitrogen and oxygen atoms in total. The standard InChI is InChI=1S/C9H18N2/c10-8-6-4-2-1-3-5-7-9-11/h1-8,10H2. The van der Waals surface area contributed by atoms with Gasteiger partial charge in [0, 0.05) is 6.42 Å². The molecular weight excluding hydrogens is 136 g/mol. The van der Waals surface area contributed by atoms with Gasteiger partial charge in [-0.1, -0.05) is 25.7 Å². The molecular formula is C9H18N2. The number of unbranched alkanes of at least 4 members (excludes halogenated alkanes) is 6. The monoisotopic (exact) mass is 154 g/mol. The van der Waals surface area contributed by atoms with Crippen LogP contribution in [0, 0.1) is 11.3 Å². The van der Waals surface area contributed by atoms with Crippen LogP contribution in [0.4, 0.5) is 0 Å². The molecule has 11 heavy (non-hydrogen) atoms. The Morgan fingerprint density at radius 2 is 1.45 bits per heavy atom. The predicted octanol–water partition coefficient (Wildman–Crippen LogP) is 2.20. The van der Waals surface area contributed by atoms with Crippen LogP contribution in [-0.4, -0.2) is 6.54 Å². The number of hydrogen-bond donors (Lipinski definition) is 1. The molecule has 0 aromatic carbocycles. The van der Waals surface area contributed by atoms with Gasteiger partial charge in [0.2, 0.25) is 0 Å². The topological polar surface area (TPSA) is 49.8 Å². The molecule has 0 heterocycles. The minimum absolute atomic E-state index is 0.719. The van der Waals surface area contributed by atoms with Crippen LogP contribution >= 0.6 is 0 Å². The van der Waals surface area contributed by atoms with Gasteiger partial charge in [0.15, 0.2) is 0 Å². The Kier molecular flexibility index (Phi) is 8.98. The average molecular weight is 154 g/mol. The largest absolute Gasteiger partial charge is 0.330 e. The van der Waals surface area contributed by atoms with Gasteiger partial charge in [-0.2, -0.15) is 5.26 Å². The number of nitrogens with two attached hydrogens (primary N) is 1. The van der Waals surface area contributed by atoms with Crippen molar-refractivity contribution in [1.29, 1.82) is 5.26 Å². The van der Waals surface area contributed by atoms with E-state index in [-0.39, 0.29) is 0 Å². The van der Waals surface area contributed by atoms with Crippen molar-refractivity contribution in [3.05, 3.63) is 0 Å². The van der Waals surface area contributed by atoms with E-state index in [1.807, 2.05) is 0 Å². The summed E-state index contributed by atoms with van der Waals surface area (Å²) in [5.74, 6) is 0. The number of nitriles is 1. The van der Waals surface area contributed by atoms with E-state index in [0.717, 1.165) is 25.8 Å². The fourth-order valence-corrected chi connectivity index (χ4v) is 1.06. The molecule has 0 amide bonds. The van der Waals surface area contributed by atoms with Crippen LogP contribution in [0.3, 0.4) is 0 Å². The molecule has 0 saturated carbocycles. The molecule has 0 saturated heterocycles. The zero-order chi connectivity index (χ0) is 8.36. The molecule has 0 rings (SSSR count). The van der Waals surface area contributed by atoms with E-state index in [1.54, 1.807) is 0 Å². The Balaban J connectivity index is 2.75. The van der Waals surface area contributed by atoms with Gasteiger partial charge >= 0.3 is 0 Å². The molecule has 0 bridgehead atoms. The fourth-order valence-electron chi connectivity index (χ4n) is 1.06. The summed E-state index contributed by atoms with van der Waals surface area (Å²) in [5.41, 5.74) is 5.35. The molecule has 0 aromatic rings. The van der Waals surface area contributed by atoms with Gasteiger partial charge in [-0.15, -0.1) is 0 Å². The zero-order valence-electron chi connectivity index (χ0n) is 7.18. The van der Waals surface area contributed by atoms with Crippen molar-refractivity contribution in [3.8, 4) is 6.07 Å². The maximum atomic E-state index is 8.24. The minimum Gasteiger partial charge on any atom is -0.330 e.